The number of aliphatic hydroxyl groups excluding tert-OH is 1. The Balaban J connectivity index is 3.60. The fourth-order valence-electron chi connectivity index (χ4n) is 1.37. The molecular weight excluding hydrogens is 222 g/mol. The van der Waals surface area contributed by atoms with E-state index in [2.05, 4.69) is 29.4 Å². The molecule has 100 valence electrons. The Labute approximate surface area is 102 Å². The van der Waals surface area contributed by atoms with Crippen LogP contribution in [-0.4, -0.2) is 61.2 Å². The first-order valence-electron chi connectivity index (χ1n) is 6.04. The molecule has 0 saturated carbocycles. The second kappa shape index (κ2) is 10.0. The molecule has 17 heavy (non-hydrogen) atoms. The summed E-state index contributed by atoms with van der Waals surface area (Å²) in [5, 5.41) is 13.3. The zero-order valence-electron chi connectivity index (χ0n) is 10.7. The molecule has 0 heterocycles. The third-order valence-electron chi connectivity index (χ3n) is 2.43. The van der Waals surface area contributed by atoms with E-state index in [-0.39, 0.29) is 13.2 Å². The number of rotatable bonds is 8. The summed E-state index contributed by atoms with van der Waals surface area (Å²) in [5.74, 6) is -1.33. The maximum atomic E-state index is 11.2. The van der Waals surface area contributed by atoms with Gasteiger partial charge in [-0.2, -0.15) is 0 Å². The second-order valence-corrected chi connectivity index (χ2v) is 3.62. The summed E-state index contributed by atoms with van der Waals surface area (Å²) >= 11 is 0. The molecule has 0 aliphatic carbocycles. The van der Waals surface area contributed by atoms with Crippen molar-refractivity contribution in [2.24, 2.45) is 0 Å². The van der Waals surface area contributed by atoms with Crippen LogP contribution in [0.2, 0.25) is 0 Å². The van der Waals surface area contributed by atoms with E-state index >= 15 is 0 Å². The monoisotopic (exact) mass is 245 g/mol. The molecule has 0 radical (unpaired) electrons. The lowest BCUT2D eigenvalue weighted by atomic mass is 10.3. The van der Waals surface area contributed by atoms with E-state index in [1.54, 1.807) is 0 Å². The van der Waals surface area contributed by atoms with Gasteiger partial charge in [-0.05, 0) is 26.1 Å². The number of amides is 2. The Kier molecular flexibility index (Phi) is 9.37. The SMILES string of the molecule is CCN(CC)CCCNC(=O)C(=O)NCCO. The highest BCUT2D eigenvalue weighted by atomic mass is 16.3. The third kappa shape index (κ3) is 7.70. The fourth-order valence-corrected chi connectivity index (χ4v) is 1.37. The van der Waals surface area contributed by atoms with Crippen LogP contribution in [0, 0.1) is 0 Å². The van der Waals surface area contributed by atoms with Crippen LogP contribution in [0.1, 0.15) is 20.3 Å². The Hall–Kier alpha value is -1.14. The summed E-state index contributed by atoms with van der Waals surface area (Å²) < 4.78 is 0. The highest BCUT2D eigenvalue weighted by Gasteiger charge is 2.11. The largest absolute Gasteiger partial charge is 0.395 e. The lowest BCUT2D eigenvalue weighted by molar-refractivity contribution is -0.139. The Morgan fingerprint density at radius 2 is 1.59 bits per heavy atom. The summed E-state index contributed by atoms with van der Waals surface area (Å²) in [6, 6.07) is 0. The Morgan fingerprint density at radius 1 is 1.06 bits per heavy atom. The van der Waals surface area contributed by atoms with Gasteiger partial charge in [-0.1, -0.05) is 13.8 Å². The van der Waals surface area contributed by atoms with Crippen molar-refractivity contribution < 1.29 is 14.7 Å². The molecule has 0 aromatic carbocycles. The van der Waals surface area contributed by atoms with Crippen molar-refractivity contribution in [3.05, 3.63) is 0 Å². The Morgan fingerprint density at radius 3 is 2.06 bits per heavy atom. The number of nitrogens with one attached hydrogen (secondary N) is 2. The summed E-state index contributed by atoms with van der Waals surface area (Å²) in [7, 11) is 0. The first-order valence-corrected chi connectivity index (χ1v) is 6.04. The van der Waals surface area contributed by atoms with Crippen molar-refractivity contribution in [3.63, 3.8) is 0 Å². The number of carbonyl (C=O) groups excluding carboxylic acids is 2. The van der Waals surface area contributed by atoms with Gasteiger partial charge >= 0.3 is 11.8 Å². The fraction of sp³-hybridized carbons (Fsp3) is 0.818. The molecule has 3 N–H and O–H groups in total. The van der Waals surface area contributed by atoms with Crippen LogP contribution < -0.4 is 10.6 Å². The van der Waals surface area contributed by atoms with Gasteiger partial charge in [0.25, 0.3) is 0 Å². The predicted molar refractivity (Wildman–Crippen MR) is 65.5 cm³/mol. The Bertz CT molecular complexity index is 230. The van der Waals surface area contributed by atoms with Gasteiger partial charge in [0.15, 0.2) is 0 Å². The molecule has 0 aliphatic rings. The molecule has 6 nitrogen and oxygen atoms in total. The number of nitrogens with zero attached hydrogens (tertiary/aromatic N) is 1. The van der Waals surface area contributed by atoms with Crippen LogP contribution in [0.4, 0.5) is 0 Å². The van der Waals surface area contributed by atoms with Crippen LogP contribution in [0.15, 0.2) is 0 Å². The molecule has 0 aliphatic heterocycles. The molecule has 2 amide bonds. The normalized spacial score (nSPS) is 10.4. The number of hydrogen-bond acceptors (Lipinski definition) is 4. The minimum absolute atomic E-state index is 0.103. The first-order chi connectivity index (χ1) is 8.15. The highest BCUT2D eigenvalue weighted by molar-refractivity contribution is 6.35. The van der Waals surface area contributed by atoms with Gasteiger partial charge in [0.1, 0.15) is 0 Å². The molecular formula is C11H23N3O3. The highest BCUT2D eigenvalue weighted by Crippen LogP contribution is 1.89. The molecule has 0 aromatic rings. The smallest absolute Gasteiger partial charge is 0.309 e. The maximum absolute atomic E-state index is 11.2. The first kappa shape index (κ1) is 15.9. The lowest BCUT2D eigenvalue weighted by Gasteiger charge is -2.17. The number of carbonyl (C=O) groups is 2. The van der Waals surface area contributed by atoms with E-state index in [1.807, 2.05) is 0 Å². The van der Waals surface area contributed by atoms with E-state index in [9.17, 15) is 9.59 Å². The molecule has 0 fully saturated rings. The molecule has 0 atom stereocenters. The van der Waals surface area contributed by atoms with E-state index < -0.39 is 11.8 Å². The van der Waals surface area contributed by atoms with E-state index in [0.717, 1.165) is 26.1 Å². The van der Waals surface area contributed by atoms with Crippen molar-refractivity contribution in [2.45, 2.75) is 20.3 Å². The van der Waals surface area contributed by atoms with Crippen LogP contribution in [0.3, 0.4) is 0 Å². The number of aliphatic hydroxyl groups is 1. The van der Waals surface area contributed by atoms with Gasteiger partial charge in [0.05, 0.1) is 6.61 Å². The van der Waals surface area contributed by atoms with E-state index in [4.69, 9.17) is 5.11 Å². The van der Waals surface area contributed by atoms with Gasteiger partial charge in [0.2, 0.25) is 0 Å². The summed E-state index contributed by atoms with van der Waals surface area (Å²) in [6.07, 6.45) is 0.820. The van der Waals surface area contributed by atoms with Gasteiger partial charge in [0, 0.05) is 13.1 Å². The molecule has 0 saturated heterocycles. The van der Waals surface area contributed by atoms with Crippen molar-refractivity contribution in [1.29, 1.82) is 0 Å². The zero-order chi connectivity index (χ0) is 13.1. The van der Waals surface area contributed by atoms with Crippen molar-refractivity contribution in [2.75, 3.05) is 39.3 Å². The average molecular weight is 245 g/mol. The lowest BCUT2D eigenvalue weighted by Crippen LogP contribution is -2.41. The minimum Gasteiger partial charge on any atom is -0.395 e. The molecule has 6 heteroatoms. The summed E-state index contributed by atoms with van der Waals surface area (Å²) in [4.78, 5) is 24.6. The van der Waals surface area contributed by atoms with E-state index in [0.29, 0.717) is 6.54 Å². The maximum Gasteiger partial charge on any atom is 0.309 e. The van der Waals surface area contributed by atoms with Gasteiger partial charge < -0.3 is 20.6 Å². The molecule has 0 rings (SSSR count). The van der Waals surface area contributed by atoms with Gasteiger partial charge in [-0.3, -0.25) is 9.59 Å². The predicted octanol–water partition coefficient (Wildman–Crippen LogP) is -1.06. The van der Waals surface area contributed by atoms with Gasteiger partial charge in [-0.15, -0.1) is 0 Å². The van der Waals surface area contributed by atoms with E-state index in [1.165, 1.54) is 0 Å². The molecule has 0 aromatic heterocycles. The van der Waals surface area contributed by atoms with Crippen LogP contribution in [0.25, 0.3) is 0 Å². The zero-order valence-corrected chi connectivity index (χ0v) is 10.7. The van der Waals surface area contributed by atoms with Crippen molar-refractivity contribution in [3.8, 4) is 0 Å². The third-order valence-corrected chi connectivity index (χ3v) is 2.43. The standard InChI is InChI=1S/C11H23N3O3/c1-3-14(4-2)8-5-6-12-10(16)11(17)13-7-9-15/h15H,3-9H2,1-2H3,(H,12,16)(H,13,17). The molecule has 0 unspecified atom stereocenters. The summed E-state index contributed by atoms with van der Waals surface area (Å²) in [6.45, 7) is 7.48. The number of hydrogen-bond donors (Lipinski definition) is 3. The second-order valence-electron chi connectivity index (χ2n) is 3.62. The van der Waals surface area contributed by atoms with Crippen LogP contribution in [0.5, 0.6) is 0 Å². The van der Waals surface area contributed by atoms with Crippen LogP contribution in [-0.2, 0) is 9.59 Å². The molecule has 0 bridgehead atoms. The minimum atomic E-state index is -0.693. The topological polar surface area (TPSA) is 81.7 Å². The molecule has 0 spiro atoms. The quantitative estimate of drug-likeness (QED) is 0.376. The van der Waals surface area contributed by atoms with Crippen LogP contribution >= 0.6 is 0 Å². The van der Waals surface area contributed by atoms with Gasteiger partial charge in [-0.25, -0.2) is 0 Å². The summed E-state index contributed by atoms with van der Waals surface area (Å²) in [5.41, 5.74) is 0. The average Bonchev–Trinajstić information content (AvgIpc) is 2.35. The van der Waals surface area contributed by atoms with Crippen molar-refractivity contribution in [1.82, 2.24) is 15.5 Å². The van der Waals surface area contributed by atoms with Crippen molar-refractivity contribution >= 4 is 11.8 Å².